The summed E-state index contributed by atoms with van der Waals surface area (Å²) in [5, 5.41) is 1.11. The predicted molar refractivity (Wildman–Crippen MR) is 116 cm³/mol. The zero-order valence-electron chi connectivity index (χ0n) is 15.3. The van der Waals surface area contributed by atoms with E-state index in [1.165, 1.54) is 0 Å². The molecule has 134 valence electrons. The van der Waals surface area contributed by atoms with E-state index in [4.69, 9.17) is 4.42 Å². The van der Waals surface area contributed by atoms with Gasteiger partial charge in [-0.25, -0.2) is 0 Å². The standard InChI is InChI=1S/C26H19NO/c1-3-12-21(13-4-1)27(22-14-5-2-6-15-22)24-17-9-8-16-23(24)26-19-20-11-7-10-18-25(20)28-26/h1-19H. The molecule has 2 heteroatoms. The Labute approximate surface area is 164 Å². The van der Waals surface area contributed by atoms with Crippen LogP contribution in [0.15, 0.2) is 120 Å². The molecule has 28 heavy (non-hydrogen) atoms. The Balaban J connectivity index is 1.72. The van der Waals surface area contributed by atoms with Crippen LogP contribution in [-0.2, 0) is 0 Å². The quantitative estimate of drug-likeness (QED) is 0.328. The molecule has 0 aliphatic heterocycles. The van der Waals surface area contributed by atoms with E-state index in [9.17, 15) is 0 Å². The van der Waals surface area contributed by atoms with Crippen molar-refractivity contribution in [3.05, 3.63) is 115 Å². The molecule has 4 aromatic carbocycles. The van der Waals surface area contributed by atoms with E-state index in [0.717, 1.165) is 39.4 Å². The number of rotatable bonds is 4. The number of furan rings is 1. The van der Waals surface area contributed by atoms with Crippen LogP contribution in [-0.4, -0.2) is 0 Å². The van der Waals surface area contributed by atoms with Gasteiger partial charge in [0.1, 0.15) is 11.3 Å². The second-order valence-corrected chi connectivity index (χ2v) is 6.67. The summed E-state index contributed by atoms with van der Waals surface area (Å²) in [4.78, 5) is 2.27. The van der Waals surface area contributed by atoms with Crippen molar-refractivity contribution in [2.24, 2.45) is 0 Å². The molecule has 0 aliphatic rings. The van der Waals surface area contributed by atoms with Crippen LogP contribution >= 0.6 is 0 Å². The molecule has 0 amide bonds. The van der Waals surface area contributed by atoms with Gasteiger partial charge in [-0.15, -0.1) is 0 Å². The maximum atomic E-state index is 6.19. The number of fused-ring (bicyclic) bond motifs is 1. The van der Waals surface area contributed by atoms with Crippen molar-refractivity contribution < 1.29 is 4.42 Å². The highest BCUT2D eigenvalue weighted by Crippen LogP contribution is 2.41. The molecule has 0 atom stereocenters. The van der Waals surface area contributed by atoms with Gasteiger partial charge in [-0.05, 0) is 48.5 Å². The van der Waals surface area contributed by atoms with Crippen LogP contribution in [0, 0.1) is 0 Å². The van der Waals surface area contributed by atoms with E-state index < -0.39 is 0 Å². The molecule has 0 bridgehead atoms. The van der Waals surface area contributed by atoms with E-state index in [0.29, 0.717) is 0 Å². The molecule has 0 fully saturated rings. The van der Waals surface area contributed by atoms with Gasteiger partial charge in [0, 0.05) is 22.3 Å². The number of para-hydroxylation sites is 4. The first-order valence-electron chi connectivity index (χ1n) is 9.38. The Morgan fingerprint density at radius 2 is 1.11 bits per heavy atom. The average Bonchev–Trinajstić information content (AvgIpc) is 3.20. The second-order valence-electron chi connectivity index (χ2n) is 6.67. The van der Waals surface area contributed by atoms with Crippen molar-refractivity contribution in [2.75, 3.05) is 4.90 Å². The normalized spacial score (nSPS) is 10.9. The predicted octanol–water partition coefficient (Wildman–Crippen LogP) is 7.57. The molecule has 0 unspecified atom stereocenters. The molecule has 0 spiro atoms. The van der Waals surface area contributed by atoms with E-state index in [1.54, 1.807) is 0 Å². The second kappa shape index (κ2) is 7.09. The Kier molecular flexibility index (Phi) is 4.15. The third kappa shape index (κ3) is 2.95. The lowest BCUT2D eigenvalue weighted by Gasteiger charge is -2.27. The average molecular weight is 361 g/mol. The number of nitrogens with zero attached hydrogens (tertiary/aromatic N) is 1. The first-order valence-corrected chi connectivity index (χ1v) is 9.38. The minimum absolute atomic E-state index is 0.869. The van der Waals surface area contributed by atoms with Gasteiger partial charge in [-0.1, -0.05) is 66.7 Å². The lowest BCUT2D eigenvalue weighted by atomic mass is 10.1. The smallest absolute Gasteiger partial charge is 0.137 e. The van der Waals surface area contributed by atoms with Crippen LogP contribution in [0.5, 0.6) is 0 Å². The summed E-state index contributed by atoms with van der Waals surface area (Å²) in [7, 11) is 0. The fourth-order valence-electron chi connectivity index (χ4n) is 3.57. The number of hydrogen-bond donors (Lipinski definition) is 0. The minimum atomic E-state index is 0.869. The van der Waals surface area contributed by atoms with Gasteiger partial charge in [0.15, 0.2) is 0 Å². The molecule has 0 N–H and O–H groups in total. The molecular formula is C26H19NO. The fraction of sp³-hybridized carbons (Fsp3) is 0. The summed E-state index contributed by atoms with van der Waals surface area (Å²) in [6, 6.07) is 39.5. The van der Waals surface area contributed by atoms with Gasteiger partial charge in [-0.2, -0.15) is 0 Å². The highest BCUT2D eigenvalue weighted by molar-refractivity contribution is 5.90. The van der Waals surface area contributed by atoms with Crippen molar-refractivity contribution in [3.63, 3.8) is 0 Å². The molecule has 1 heterocycles. The summed E-state index contributed by atoms with van der Waals surface area (Å²) in [6.07, 6.45) is 0. The maximum absolute atomic E-state index is 6.19. The Morgan fingerprint density at radius 1 is 0.536 bits per heavy atom. The van der Waals surface area contributed by atoms with Gasteiger partial charge in [0.25, 0.3) is 0 Å². The van der Waals surface area contributed by atoms with E-state index in [-0.39, 0.29) is 0 Å². The lowest BCUT2D eigenvalue weighted by molar-refractivity contribution is 0.631. The zero-order valence-corrected chi connectivity index (χ0v) is 15.3. The Morgan fingerprint density at radius 3 is 1.79 bits per heavy atom. The Hall–Kier alpha value is -3.78. The topological polar surface area (TPSA) is 16.4 Å². The summed E-state index contributed by atoms with van der Waals surface area (Å²) in [5.74, 6) is 0.869. The van der Waals surface area contributed by atoms with Gasteiger partial charge < -0.3 is 9.32 Å². The zero-order chi connectivity index (χ0) is 18.8. The first kappa shape index (κ1) is 16.4. The third-order valence-corrected chi connectivity index (χ3v) is 4.86. The maximum Gasteiger partial charge on any atom is 0.137 e. The number of hydrogen-bond acceptors (Lipinski definition) is 2. The van der Waals surface area contributed by atoms with Gasteiger partial charge in [0.2, 0.25) is 0 Å². The highest BCUT2D eigenvalue weighted by atomic mass is 16.3. The number of anilines is 3. The molecule has 2 nitrogen and oxygen atoms in total. The van der Waals surface area contributed by atoms with Crippen molar-refractivity contribution in [1.29, 1.82) is 0 Å². The molecule has 1 aromatic heterocycles. The van der Waals surface area contributed by atoms with Crippen molar-refractivity contribution in [1.82, 2.24) is 0 Å². The highest BCUT2D eigenvalue weighted by Gasteiger charge is 2.18. The Bertz CT molecular complexity index is 1140. The summed E-state index contributed by atoms with van der Waals surface area (Å²) in [5.41, 5.74) is 5.26. The van der Waals surface area contributed by atoms with Crippen LogP contribution < -0.4 is 4.90 Å². The van der Waals surface area contributed by atoms with E-state index >= 15 is 0 Å². The van der Waals surface area contributed by atoms with Gasteiger partial charge in [0.05, 0.1) is 5.69 Å². The van der Waals surface area contributed by atoms with Crippen molar-refractivity contribution in [3.8, 4) is 11.3 Å². The molecular weight excluding hydrogens is 342 g/mol. The lowest BCUT2D eigenvalue weighted by Crippen LogP contribution is -2.10. The molecule has 0 radical (unpaired) electrons. The SMILES string of the molecule is c1ccc(N(c2ccccc2)c2ccccc2-c2cc3ccccc3o2)cc1. The van der Waals surface area contributed by atoms with Gasteiger partial charge >= 0.3 is 0 Å². The molecule has 0 saturated carbocycles. The summed E-state index contributed by atoms with van der Waals surface area (Å²) < 4.78 is 6.19. The van der Waals surface area contributed by atoms with Crippen LogP contribution in [0.4, 0.5) is 17.1 Å². The molecule has 0 aliphatic carbocycles. The van der Waals surface area contributed by atoms with Crippen LogP contribution in [0.1, 0.15) is 0 Å². The van der Waals surface area contributed by atoms with Crippen molar-refractivity contribution >= 4 is 28.0 Å². The van der Waals surface area contributed by atoms with E-state index in [1.807, 2.05) is 30.3 Å². The third-order valence-electron chi connectivity index (χ3n) is 4.86. The fourth-order valence-corrected chi connectivity index (χ4v) is 3.57. The largest absolute Gasteiger partial charge is 0.456 e. The van der Waals surface area contributed by atoms with Crippen LogP contribution in [0.2, 0.25) is 0 Å². The molecule has 5 aromatic rings. The molecule has 5 rings (SSSR count). The summed E-state index contributed by atoms with van der Waals surface area (Å²) >= 11 is 0. The molecule has 0 saturated heterocycles. The minimum Gasteiger partial charge on any atom is -0.456 e. The monoisotopic (exact) mass is 361 g/mol. The summed E-state index contributed by atoms with van der Waals surface area (Å²) in [6.45, 7) is 0. The van der Waals surface area contributed by atoms with Gasteiger partial charge in [-0.3, -0.25) is 0 Å². The van der Waals surface area contributed by atoms with E-state index in [2.05, 4.69) is 89.8 Å². The first-order chi connectivity index (χ1) is 13.9. The number of benzene rings is 4. The van der Waals surface area contributed by atoms with Crippen LogP contribution in [0.25, 0.3) is 22.3 Å². The van der Waals surface area contributed by atoms with Crippen molar-refractivity contribution in [2.45, 2.75) is 0 Å². The van der Waals surface area contributed by atoms with Crippen LogP contribution in [0.3, 0.4) is 0 Å².